The van der Waals surface area contributed by atoms with Gasteiger partial charge in [0, 0.05) is 6.20 Å². The van der Waals surface area contributed by atoms with Crippen molar-refractivity contribution in [3.63, 3.8) is 0 Å². The van der Waals surface area contributed by atoms with E-state index in [0.29, 0.717) is 11.3 Å². The Morgan fingerprint density at radius 1 is 1.43 bits per heavy atom. The van der Waals surface area contributed by atoms with Gasteiger partial charge in [-0.05, 0) is 31.9 Å². The molecule has 0 fully saturated rings. The van der Waals surface area contributed by atoms with E-state index in [1.54, 1.807) is 26.0 Å². The molecule has 0 atom stereocenters. The smallest absolute Gasteiger partial charge is 0.120 e. The summed E-state index contributed by atoms with van der Waals surface area (Å²) in [6, 6.07) is 5.26. The quantitative estimate of drug-likeness (QED) is 0.617. The Hall–Kier alpha value is -1.84. The summed E-state index contributed by atoms with van der Waals surface area (Å²) >= 11 is 0. The molecule has 0 spiro atoms. The minimum atomic E-state index is -1.02. The number of nitriles is 1. The van der Waals surface area contributed by atoms with Crippen LogP contribution in [0, 0.1) is 23.2 Å². The first-order chi connectivity index (χ1) is 6.51. The summed E-state index contributed by atoms with van der Waals surface area (Å²) in [7, 11) is 0. The third kappa shape index (κ3) is 3.26. The van der Waals surface area contributed by atoms with Gasteiger partial charge in [-0.15, -0.1) is 0 Å². The van der Waals surface area contributed by atoms with Crippen LogP contribution in [0.4, 0.5) is 0 Å². The fourth-order valence-electron chi connectivity index (χ4n) is 0.751. The van der Waals surface area contributed by atoms with Gasteiger partial charge in [-0.25, -0.2) is 4.98 Å². The average molecular weight is 186 g/mol. The molecule has 70 valence electrons. The van der Waals surface area contributed by atoms with Crippen LogP contribution in [0.25, 0.3) is 0 Å². The number of aromatic nitrogens is 1. The molecule has 0 aliphatic carbocycles. The van der Waals surface area contributed by atoms with Crippen LogP contribution in [0.5, 0.6) is 0 Å². The number of hydrogen-bond donors (Lipinski definition) is 1. The molecule has 3 heteroatoms. The van der Waals surface area contributed by atoms with Crippen LogP contribution < -0.4 is 0 Å². The maximum absolute atomic E-state index is 9.33. The second kappa shape index (κ2) is 3.91. The summed E-state index contributed by atoms with van der Waals surface area (Å²) in [4.78, 5) is 3.95. The lowest BCUT2D eigenvalue weighted by Crippen LogP contribution is -2.14. The molecular weight excluding hydrogens is 176 g/mol. The molecule has 0 radical (unpaired) electrons. The molecule has 0 saturated carbocycles. The van der Waals surface area contributed by atoms with Crippen molar-refractivity contribution >= 4 is 0 Å². The third-order valence-electron chi connectivity index (χ3n) is 1.39. The highest BCUT2D eigenvalue weighted by Crippen LogP contribution is 2.00. The van der Waals surface area contributed by atoms with Gasteiger partial charge in [-0.1, -0.05) is 5.92 Å². The highest BCUT2D eigenvalue weighted by Gasteiger charge is 2.05. The Balaban J connectivity index is 2.89. The van der Waals surface area contributed by atoms with Crippen LogP contribution in [-0.4, -0.2) is 15.7 Å². The first kappa shape index (κ1) is 10.2. The van der Waals surface area contributed by atoms with Crippen molar-refractivity contribution < 1.29 is 5.11 Å². The predicted octanol–water partition coefficient (Wildman–Crippen LogP) is 1.08. The number of hydrogen-bond acceptors (Lipinski definition) is 3. The van der Waals surface area contributed by atoms with Gasteiger partial charge in [0.2, 0.25) is 0 Å². The van der Waals surface area contributed by atoms with Crippen LogP contribution in [0.15, 0.2) is 18.3 Å². The zero-order valence-electron chi connectivity index (χ0n) is 8.07. The van der Waals surface area contributed by atoms with Gasteiger partial charge in [0.05, 0.1) is 5.56 Å². The molecule has 1 N–H and O–H groups in total. The number of pyridine rings is 1. The van der Waals surface area contributed by atoms with Crippen molar-refractivity contribution in [2.45, 2.75) is 19.4 Å². The summed E-state index contributed by atoms with van der Waals surface area (Å²) in [6.07, 6.45) is 1.45. The zero-order valence-corrected chi connectivity index (χ0v) is 8.07. The first-order valence-corrected chi connectivity index (χ1v) is 4.13. The lowest BCUT2D eigenvalue weighted by Gasteiger charge is -2.05. The second-order valence-electron chi connectivity index (χ2n) is 3.35. The van der Waals surface area contributed by atoms with Crippen molar-refractivity contribution in [2.24, 2.45) is 0 Å². The highest BCUT2D eigenvalue weighted by molar-refractivity contribution is 5.34. The Bertz CT molecular complexity index is 410. The molecule has 1 aromatic heterocycles. The van der Waals surface area contributed by atoms with Gasteiger partial charge >= 0.3 is 0 Å². The molecule has 0 aliphatic rings. The van der Waals surface area contributed by atoms with E-state index in [1.165, 1.54) is 6.20 Å². The van der Waals surface area contributed by atoms with Crippen LogP contribution in [-0.2, 0) is 0 Å². The van der Waals surface area contributed by atoms with E-state index in [4.69, 9.17) is 5.26 Å². The van der Waals surface area contributed by atoms with E-state index in [-0.39, 0.29) is 0 Å². The molecular formula is C11H10N2O. The summed E-state index contributed by atoms with van der Waals surface area (Å²) in [5, 5.41) is 17.8. The van der Waals surface area contributed by atoms with Gasteiger partial charge in [0.25, 0.3) is 0 Å². The monoisotopic (exact) mass is 186 g/mol. The summed E-state index contributed by atoms with van der Waals surface area (Å²) < 4.78 is 0. The van der Waals surface area contributed by atoms with Crippen LogP contribution in [0.2, 0.25) is 0 Å². The minimum Gasteiger partial charge on any atom is -0.378 e. The topological polar surface area (TPSA) is 56.9 Å². The van der Waals surface area contributed by atoms with E-state index in [1.807, 2.05) is 6.07 Å². The molecule has 1 heterocycles. The van der Waals surface area contributed by atoms with Crippen molar-refractivity contribution in [3.05, 3.63) is 29.6 Å². The Morgan fingerprint density at radius 2 is 2.14 bits per heavy atom. The van der Waals surface area contributed by atoms with Crippen LogP contribution in [0.3, 0.4) is 0 Å². The normalized spacial score (nSPS) is 9.86. The van der Waals surface area contributed by atoms with Gasteiger partial charge in [0.15, 0.2) is 0 Å². The third-order valence-corrected chi connectivity index (χ3v) is 1.39. The van der Waals surface area contributed by atoms with Gasteiger partial charge in [-0.2, -0.15) is 5.26 Å². The first-order valence-electron chi connectivity index (χ1n) is 4.13. The molecule has 1 aromatic rings. The van der Waals surface area contributed by atoms with Gasteiger partial charge in [-0.3, -0.25) is 0 Å². The Kier molecular flexibility index (Phi) is 2.86. The zero-order chi connectivity index (χ0) is 10.6. The molecule has 14 heavy (non-hydrogen) atoms. The van der Waals surface area contributed by atoms with E-state index >= 15 is 0 Å². The van der Waals surface area contributed by atoms with E-state index in [0.717, 1.165) is 0 Å². The summed E-state index contributed by atoms with van der Waals surface area (Å²) in [5.41, 5.74) is 0.0280. The number of nitrogens with zero attached hydrogens (tertiary/aromatic N) is 2. The lowest BCUT2D eigenvalue weighted by atomic mass is 10.1. The van der Waals surface area contributed by atoms with E-state index in [9.17, 15) is 5.11 Å². The SMILES string of the molecule is CC(C)(O)C#Cc1ccc(C#N)cn1. The molecule has 0 bridgehead atoms. The standard InChI is InChI=1S/C11H10N2O/c1-11(2,14)6-5-10-4-3-9(7-12)8-13-10/h3-4,8,14H,1-2H3. The van der Waals surface area contributed by atoms with Crippen LogP contribution in [0.1, 0.15) is 25.1 Å². The minimum absolute atomic E-state index is 0.499. The van der Waals surface area contributed by atoms with Crippen molar-refractivity contribution in [1.82, 2.24) is 4.98 Å². The molecule has 0 saturated heterocycles. The van der Waals surface area contributed by atoms with Crippen molar-refractivity contribution in [2.75, 3.05) is 0 Å². The largest absolute Gasteiger partial charge is 0.378 e. The Labute approximate surface area is 83.0 Å². The number of aliphatic hydroxyl groups is 1. The molecule has 0 amide bonds. The average Bonchev–Trinajstić information content (AvgIpc) is 2.14. The number of rotatable bonds is 0. The second-order valence-corrected chi connectivity index (χ2v) is 3.35. The van der Waals surface area contributed by atoms with Gasteiger partial charge in [0.1, 0.15) is 17.4 Å². The lowest BCUT2D eigenvalue weighted by molar-refractivity contribution is 0.143. The molecule has 0 unspecified atom stereocenters. The van der Waals surface area contributed by atoms with Crippen molar-refractivity contribution in [1.29, 1.82) is 5.26 Å². The fourth-order valence-corrected chi connectivity index (χ4v) is 0.751. The van der Waals surface area contributed by atoms with Crippen LogP contribution >= 0.6 is 0 Å². The molecule has 0 aromatic carbocycles. The van der Waals surface area contributed by atoms with Crippen molar-refractivity contribution in [3.8, 4) is 17.9 Å². The highest BCUT2D eigenvalue weighted by atomic mass is 16.3. The molecule has 1 rings (SSSR count). The van der Waals surface area contributed by atoms with Gasteiger partial charge < -0.3 is 5.11 Å². The van der Waals surface area contributed by atoms with E-state index in [2.05, 4.69) is 16.8 Å². The summed E-state index contributed by atoms with van der Waals surface area (Å²) in [6.45, 7) is 3.20. The molecule has 0 aliphatic heterocycles. The summed E-state index contributed by atoms with van der Waals surface area (Å²) in [5.74, 6) is 5.35. The molecule has 3 nitrogen and oxygen atoms in total. The Morgan fingerprint density at radius 3 is 2.57 bits per heavy atom. The maximum atomic E-state index is 9.33. The fraction of sp³-hybridized carbons (Fsp3) is 0.273. The van der Waals surface area contributed by atoms with E-state index < -0.39 is 5.60 Å². The predicted molar refractivity (Wildman–Crippen MR) is 52.1 cm³/mol. The maximum Gasteiger partial charge on any atom is 0.120 e.